The summed E-state index contributed by atoms with van der Waals surface area (Å²) in [6.45, 7) is 1.80. The maximum absolute atomic E-state index is 12.1. The van der Waals surface area contributed by atoms with Gasteiger partial charge in [0.15, 0.2) is 5.75 Å². The molecule has 0 bridgehead atoms. The summed E-state index contributed by atoms with van der Waals surface area (Å²) in [7, 11) is 1.77. The highest BCUT2D eigenvalue weighted by Crippen LogP contribution is 2.29. The lowest BCUT2D eigenvalue weighted by Crippen LogP contribution is -2.38. The van der Waals surface area contributed by atoms with Crippen molar-refractivity contribution in [3.63, 3.8) is 0 Å². The maximum atomic E-state index is 12.1. The summed E-state index contributed by atoms with van der Waals surface area (Å²) >= 11 is 5.73. The second-order valence-corrected chi connectivity index (χ2v) is 5.56. The molecule has 1 aromatic carbocycles. The first kappa shape index (κ1) is 19.5. The minimum atomic E-state index is -0.556. The summed E-state index contributed by atoms with van der Waals surface area (Å²) in [5, 5.41) is 14.4. The van der Waals surface area contributed by atoms with E-state index < -0.39 is 4.92 Å². The Kier molecular flexibility index (Phi) is 7.54. The molecule has 1 aromatic rings. The van der Waals surface area contributed by atoms with E-state index >= 15 is 0 Å². The van der Waals surface area contributed by atoms with Gasteiger partial charge in [-0.05, 0) is 25.1 Å². The molecule has 0 aromatic heterocycles. The number of rotatable bonds is 6. The van der Waals surface area contributed by atoms with Gasteiger partial charge in [-0.2, -0.15) is 0 Å². The standard InChI is InChI=1S/C14H18ClN3O4.ClH/c1-17(11-4-6-16-9-11)14(19)5-7-22-13-3-2-10(15)8-12(13)18(20)21;/h2-3,8,11,16H,4-7,9H2,1H3;1H. The molecular weight excluding hydrogens is 345 g/mol. The van der Waals surface area contributed by atoms with E-state index in [-0.39, 0.29) is 53.8 Å². The van der Waals surface area contributed by atoms with Crippen LogP contribution in [0.5, 0.6) is 5.75 Å². The van der Waals surface area contributed by atoms with Crippen LogP contribution < -0.4 is 10.1 Å². The van der Waals surface area contributed by atoms with Crippen molar-refractivity contribution < 1.29 is 14.5 Å². The molecule has 1 saturated heterocycles. The molecule has 9 heteroatoms. The molecule has 1 atom stereocenters. The number of benzene rings is 1. The number of hydrogen-bond acceptors (Lipinski definition) is 5. The molecule has 23 heavy (non-hydrogen) atoms. The fourth-order valence-electron chi connectivity index (χ4n) is 2.35. The van der Waals surface area contributed by atoms with Gasteiger partial charge in [0.05, 0.1) is 18.0 Å². The molecule has 0 saturated carbocycles. The second-order valence-electron chi connectivity index (χ2n) is 5.12. The maximum Gasteiger partial charge on any atom is 0.312 e. The largest absolute Gasteiger partial charge is 0.486 e. The lowest BCUT2D eigenvalue weighted by Gasteiger charge is -2.23. The Morgan fingerprint density at radius 2 is 2.30 bits per heavy atom. The molecule has 128 valence electrons. The molecule has 1 unspecified atom stereocenters. The first-order valence-corrected chi connectivity index (χ1v) is 7.40. The molecule has 1 heterocycles. The molecular formula is C14H19Cl2N3O4. The fraction of sp³-hybridized carbons (Fsp3) is 0.500. The van der Waals surface area contributed by atoms with E-state index in [9.17, 15) is 14.9 Å². The third-order valence-electron chi connectivity index (χ3n) is 3.67. The van der Waals surface area contributed by atoms with Crippen LogP contribution in [-0.4, -0.2) is 48.5 Å². The number of hydrogen-bond donors (Lipinski definition) is 1. The van der Waals surface area contributed by atoms with Gasteiger partial charge >= 0.3 is 5.69 Å². The molecule has 1 aliphatic rings. The SMILES string of the molecule is CN(C(=O)CCOc1ccc(Cl)cc1[N+](=O)[O-])C1CCNC1.Cl. The van der Waals surface area contributed by atoms with Gasteiger partial charge in [0.25, 0.3) is 0 Å². The van der Waals surface area contributed by atoms with Crippen LogP contribution in [0.3, 0.4) is 0 Å². The van der Waals surface area contributed by atoms with E-state index in [0.29, 0.717) is 0 Å². The van der Waals surface area contributed by atoms with Crippen LogP contribution in [0.1, 0.15) is 12.8 Å². The highest BCUT2D eigenvalue weighted by atomic mass is 35.5. The van der Waals surface area contributed by atoms with E-state index in [4.69, 9.17) is 16.3 Å². The molecule has 1 amide bonds. The number of nitro groups is 1. The van der Waals surface area contributed by atoms with Gasteiger partial charge < -0.3 is 15.0 Å². The smallest absolute Gasteiger partial charge is 0.312 e. The molecule has 1 fully saturated rings. The third-order valence-corrected chi connectivity index (χ3v) is 3.90. The summed E-state index contributed by atoms with van der Waals surface area (Å²) < 4.78 is 5.37. The number of nitrogens with one attached hydrogen (secondary N) is 1. The summed E-state index contributed by atoms with van der Waals surface area (Å²) in [4.78, 5) is 24.1. The number of halogens is 2. The number of nitro benzene ring substituents is 1. The van der Waals surface area contributed by atoms with Crippen LogP contribution in [0.4, 0.5) is 5.69 Å². The highest BCUT2D eigenvalue weighted by Gasteiger charge is 2.23. The topological polar surface area (TPSA) is 84.7 Å². The van der Waals surface area contributed by atoms with Crippen molar-refractivity contribution >= 4 is 35.6 Å². The lowest BCUT2D eigenvalue weighted by molar-refractivity contribution is -0.385. The molecule has 1 N–H and O–H groups in total. The first-order valence-electron chi connectivity index (χ1n) is 7.02. The van der Waals surface area contributed by atoms with Crippen molar-refractivity contribution in [2.75, 3.05) is 26.7 Å². The summed E-state index contributed by atoms with van der Waals surface area (Å²) in [5.41, 5.74) is -0.201. The molecule has 1 aliphatic heterocycles. The zero-order valence-electron chi connectivity index (χ0n) is 12.7. The van der Waals surface area contributed by atoms with E-state index in [0.717, 1.165) is 19.5 Å². The number of nitrogens with zero attached hydrogens (tertiary/aromatic N) is 2. The van der Waals surface area contributed by atoms with Gasteiger partial charge in [-0.3, -0.25) is 14.9 Å². The van der Waals surface area contributed by atoms with Gasteiger partial charge in [0.1, 0.15) is 0 Å². The van der Waals surface area contributed by atoms with Crippen LogP contribution in [0, 0.1) is 10.1 Å². The zero-order valence-corrected chi connectivity index (χ0v) is 14.2. The van der Waals surface area contributed by atoms with E-state index in [1.807, 2.05) is 0 Å². The Labute approximate surface area is 145 Å². The van der Waals surface area contributed by atoms with Gasteiger partial charge in [-0.25, -0.2) is 0 Å². The number of likely N-dealkylation sites (N-methyl/N-ethyl adjacent to an activating group) is 1. The van der Waals surface area contributed by atoms with Crippen LogP contribution in [0.25, 0.3) is 0 Å². The molecule has 7 nitrogen and oxygen atoms in total. The van der Waals surface area contributed by atoms with Crippen LogP contribution >= 0.6 is 24.0 Å². The fourth-order valence-corrected chi connectivity index (χ4v) is 2.52. The summed E-state index contributed by atoms with van der Waals surface area (Å²) in [6.07, 6.45) is 1.11. The van der Waals surface area contributed by atoms with E-state index in [1.165, 1.54) is 18.2 Å². The van der Waals surface area contributed by atoms with Crippen molar-refractivity contribution in [3.8, 4) is 5.75 Å². The predicted octanol–water partition coefficient (Wildman–Crippen LogP) is 2.26. The first-order chi connectivity index (χ1) is 10.5. The second kappa shape index (κ2) is 8.90. The monoisotopic (exact) mass is 363 g/mol. The lowest BCUT2D eigenvalue weighted by atomic mass is 10.2. The summed E-state index contributed by atoms with van der Waals surface area (Å²) in [6, 6.07) is 4.39. The summed E-state index contributed by atoms with van der Waals surface area (Å²) in [5.74, 6) is 0.0812. The van der Waals surface area contributed by atoms with Crippen molar-refractivity contribution in [2.45, 2.75) is 18.9 Å². The minimum absolute atomic E-state index is 0. The Morgan fingerprint density at radius 3 is 2.91 bits per heavy atom. The average Bonchev–Trinajstić information content (AvgIpc) is 3.01. The quantitative estimate of drug-likeness (QED) is 0.618. The van der Waals surface area contributed by atoms with Crippen molar-refractivity contribution in [3.05, 3.63) is 33.3 Å². The average molecular weight is 364 g/mol. The molecule has 0 spiro atoms. The Balaban J connectivity index is 0.00000264. The van der Waals surface area contributed by atoms with E-state index in [1.54, 1.807) is 11.9 Å². The van der Waals surface area contributed by atoms with Crippen molar-refractivity contribution in [1.82, 2.24) is 10.2 Å². The van der Waals surface area contributed by atoms with Gasteiger partial charge in [0.2, 0.25) is 5.91 Å². The van der Waals surface area contributed by atoms with Gasteiger partial charge in [-0.1, -0.05) is 11.6 Å². The molecule has 2 rings (SSSR count). The third kappa shape index (κ3) is 5.23. The normalized spacial score (nSPS) is 16.5. The van der Waals surface area contributed by atoms with Gasteiger partial charge in [0, 0.05) is 30.7 Å². The number of carbonyl (C=O) groups excluding carboxylic acids is 1. The van der Waals surface area contributed by atoms with E-state index in [2.05, 4.69) is 5.32 Å². The number of ether oxygens (including phenoxy) is 1. The predicted molar refractivity (Wildman–Crippen MR) is 89.5 cm³/mol. The van der Waals surface area contributed by atoms with Gasteiger partial charge in [-0.15, -0.1) is 12.4 Å². The van der Waals surface area contributed by atoms with Crippen LogP contribution in [0.15, 0.2) is 18.2 Å². The van der Waals surface area contributed by atoms with Crippen molar-refractivity contribution in [1.29, 1.82) is 0 Å². The highest BCUT2D eigenvalue weighted by molar-refractivity contribution is 6.30. The number of amides is 1. The van der Waals surface area contributed by atoms with Crippen LogP contribution in [0.2, 0.25) is 5.02 Å². The minimum Gasteiger partial charge on any atom is -0.486 e. The zero-order chi connectivity index (χ0) is 16.1. The van der Waals surface area contributed by atoms with Crippen LogP contribution in [-0.2, 0) is 4.79 Å². The number of carbonyl (C=O) groups is 1. The molecule has 0 aliphatic carbocycles. The Morgan fingerprint density at radius 1 is 1.57 bits per heavy atom. The Hall–Kier alpha value is -1.57. The Bertz CT molecular complexity index is 565. The van der Waals surface area contributed by atoms with Crippen molar-refractivity contribution in [2.24, 2.45) is 0 Å². The molecule has 0 radical (unpaired) electrons.